The molecule has 0 unspecified atom stereocenters. The molecule has 0 saturated carbocycles. The third-order valence-corrected chi connectivity index (χ3v) is 5.57. The number of carboxylic acid groups (broad SMARTS) is 1. The molecular weight excluding hydrogens is 420 g/mol. The number of hydrogen-bond acceptors (Lipinski definition) is 14. The quantitative estimate of drug-likeness (QED) is 0.257. The Morgan fingerprint density at radius 2 is 1.46 bits per heavy atom. The summed E-state index contributed by atoms with van der Waals surface area (Å²) >= 11 is 0. The van der Waals surface area contributed by atoms with E-state index in [1.54, 1.807) is 0 Å². The molecule has 0 fully saturated rings. The van der Waals surface area contributed by atoms with Gasteiger partial charge in [0.1, 0.15) is 11.4 Å². The fourth-order valence-corrected chi connectivity index (χ4v) is 3.96. The van der Waals surface area contributed by atoms with E-state index in [2.05, 4.69) is 9.88 Å². The standard InChI is InChI=1S/C14H12N2O10S2/c17-13(18)9-5-7(2-4-12(9)16(22)26-24)27-28-8-1-3-11(15(20)21)10(6-8)14(19)25-23/h1-6,20-24H,(H,17,18)/p-2. The van der Waals surface area contributed by atoms with Crippen LogP contribution in [0.1, 0.15) is 20.7 Å². The molecule has 0 aromatic heterocycles. The van der Waals surface area contributed by atoms with Gasteiger partial charge in [-0.1, -0.05) is 31.8 Å². The Balaban J connectivity index is 2.25. The SMILES string of the molecule is O=C(O[O-])c1cc(SSc2ccc(N(O)OO)c(C(=O)[O-])c2)ccc1N(O)O. The highest BCUT2D eigenvalue weighted by Gasteiger charge is 2.17. The molecule has 4 N–H and O–H groups in total. The second-order valence-corrected chi connectivity index (χ2v) is 7.10. The smallest absolute Gasteiger partial charge is 0.334 e. The summed E-state index contributed by atoms with van der Waals surface area (Å²) in [6.45, 7) is 0. The monoisotopic (exact) mass is 430 g/mol. The molecule has 0 saturated heterocycles. The number of anilines is 2. The van der Waals surface area contributed by atoms with Crippen LogP contribution in [0.3, 0.4) is 0 Å². The zero-order valence-corrected chi connectivity index (χ0v) is 15.0. The maximum atomic E-state index is 11.5. The first-order valence-electron chi connectivity index (χ1n) is 6.95. The van der Waals surface area contributed by atoms with Crippen LogP contribution >= 0.6 is 21.6 Å². The molecule has 2 aromatic rings. The second-order valence-electron chi connectivity index (χ2n) is 4.83. The van der Waals surface area contributed by atoms with Crippen LogP contribution < -0.4 is 20.8 Å². The highest BCUT2D eigenvalue weighted by atomic mass is 33.1. The van der Waals surface area contributed by atoms with Gasteiger partial charge in [0.25, 0.3) is 0 Å². The Bertz CT molecular complexity index is 879. The minimum absolute atomic E-state index is 0.165. The normalized spacial score (nSPS) is 10.5. The van der Waals surface area contributed by atoms with E-state index in [1.807, 2.05) is 0 Å². The van der Waals surface area contributed by atoms with E-state index in [-0.39, 0.29) is 21.8 Å². The predicted molar refractivity (Wildman–Crippen MR) is 88.4 cm³/mol. The summed E-state index contributed by atoms with van der Waals surface area (Å²) in [5, 5.41) is 56.9. The van der Waals surface area contributed by atoms with Gasteiger partial charge in [-0.3, -0.25) is 15.6 Å². The van der Waals surface area contributed by atoms with Crippen molar-refractivity contribution in [3.05, 3.63) is 47.5 Å². The molecule has 0 heterocycles. The highest BCUT2D eigenvalue weighted by Crippen LogP contribution is 2.40. The van der Waals surface area contributed by atoms with Crippen LogP contribution in [-0.2, 0) is 9.88 Å². The third-order valence-electron chi connectivity index (χ3n) is 3.18. The first-order valence-corrected chi connectivity index (χ1v) is 9.10. The molecule has 0 bridgehead atoms. The Morgan fingerprint density at radius 1 is 0.929 bits per heavy atom. The lowest BCUT2D eigenvalue weighted by Crippen LogP contribution is -2.27. The van der Waals surface area contributed by atoms with Crippen molar-refractivity contribution in [1.29, 1.82) is 0 Å². The first kappa shape index (κ1) is 21.7. The molecule has 2 rings (SSSR count). The van der Waals surface area contributed by atoms with Gasteiger partial charge in [-0.05, 0) is 36.4 Å². The van der Waals surface area contributed by atoms with Gasteiger partial charge in [0.05, 0.1) is 11.5 Å². The lowest BCUT2D eigenvalue weighted by Gasteiger charge is -2.17. The molecule has 0 aliphatic carbocycles. The number of rotatable bonds is 8. The van der Waals surface area contributed by atoms with Crippen LogP contribution in [0.25, 0.3) is 0 Å². The van der Waals surface area contributed by atoms with Gasteiger partial charge in [-0.2, -0.15) is 0 Å². The van der Waals surface area contributed by atoms with Gasteiger partial charge in [-0.25, -0.2) is 10.1 Å². The summed E-state index contributed by atoms with van der Waals surface area (Å²) in [6.07, 6.45) is 0. The molecule has 0 aliphatic heterocycles. The van der Waals surface area contributed by atoms with E-state index in [0.717, 1.165) is 45.9 Å². The average molecular weight is 430 g/mol. The van der Waals surface area contributed by atoms with Crippen LogP contribution in [0.5, 0.6) is 0 Å². The van der Waals surface area contributed by atoms with E-state index >= 15 is 0 Å². The van der Waals surface area contributed by atoms with Crippen LogP contribution in [0.2, 0.25) is 0 Å². The lowest BCUT2D eigenvalue weighted by atomic mass is 10.2. The van der Waals surface area contributed by atoms with Gasteiger partial charge < -0.3 is 20.0 Å². The van der Waals surface area contributed by atoms with Crippen molar-refractivity contribution >= 4 is 44.9 Å². The van der Waals surface area contributed by atoms with Gasteiger partial charge in [0.2, 0.25) is 0 Å². The Morgan fingerprint density at radius 3 is 1.93 bits per heavy atom. The van der Waals surface area contributed by atoms with Gasteiger partial charge in [0, 0.05) is 15.4 Å². The van der Waals surface area contributed by atoms with Crippen LogP contribution in [0, 0.1) is 0 Å². The fourth-order valence-electron chi connectivity index (χ4n) is 1.99. The van der Waals surface area contributed by atoms with E-state index < -0.39 is 23.1 Å². The number of benzene rings is 2. The van der Waals surface area contributed by atoms with Crippen molar-refractivity contribution in [3.63, 3.8) is 0 Å². The zero-order valence-electron chi connectivity index (χ0n) is 13.4. The fraction of sp³-hybridized carbons (Fsp3) is 0. The molecule has 0 radical (unpaired) electrons. The summed E-state index contributed by atoms with van der Waals surface area (Å²) in [7, 11) is 2.06. The molecule has 14 heteroatoms. The highest BCUT2D eigenvalue weighted by molar-refractivity contribution is 8.76. The van der Waals surface area contributed by atoms with Crippen molar-refractivity contribution in [3.8, 4) is 0 Å². The molecular formula is C14H10N2O10S2-2. The Labute approximate surface area is 163 Å². The van der Waals surface area contributed by atoms with E-state index in [1.165, 1.54) is 12.1 Å². The minimum Gasteiger partial charge on any atom is -0.661 e. The van der Waals surface area contributed by atoms with Crippen LogP contribution in [0.4, 0.5) is 11.4 Å². The molecule has 0 atom stereocenters. The van der Waals surface area contributed by atoms with Crippen molar-refractivity contribution < 1.29 is 50.7 Å². The number of hydrogen-bond donors (Lipinski definition) is 4. The van der Waals surface area contributed by atoms with Crippen LogP contribution in [0.15, 0.2) is 46.2 Å². The van der Waals surface area contributed by atoms with Crippen molar-refractivity contribution in [2.75, 3.05) is 10.5 Å². The third kappa shape index (κ3) is 5.03. The molecule has 12 nitrogen and oxygen atoms in total. The lowest BCUT2D eigenvalue weighted by molar-refractivity contribution is -0.653. The van der Waals surface area contributed by atoms with E-state index in [4.69, 9.17) is 15.7 Å². The molecule has 2 aromatic carbocycles. The second kappa shape index (κ2) is 9.58. The van der Waals surface area contributed by atoms with Crippen molar-refractivity contribution in [2.24, 2.45) is 0 Å². The average Bonchev–Trinajstić information content (AvgIpc) is 2.70. The van der Waals surface area contributed by atoms with Gasteiger partial charge >= 0.3 is 5.97 Å². The number of aromatic carboxylic acids is 1. The summed E-state index contributed by atoms with van der Waals surface area (Å²) in [5.41, 5.74) is -1.66. The topological polar surface area (TPSA) is 186 Å². The van der Waals surface area contributed by atoms with Crippen molar-refractivity contribution in [1.82, 2.24) is 0 Å². The van der Waals surface area contributed by atoms with Crippen LogP contribution in [-0.4, -0.2) is 32.8 Å². The number of carbonyl (C=O) groups is 2. The molecule has 0 amide bonds. The Hall–Kier alpha value is -2.56. The maximum Gasteiger partial charge on any atom is 0.334 e. The summed E-state index contributed by atoms with van der Waals surface area (Å²) in [4.78, 5) is 30.3. The zero-order chi connectivity index (χ0) is 20.8. The first-order chi connectivity index (χ1) is 13.3. The number of nitrogens with zero attached hydrogens (tertiary/aromatic N) is 2. The van der Waals surface area contributed by atoms with E-state index in [0.29, 0.717) is 9.79 Å². The summed E-state index contributed by atoms with van der Waals surface area (Å²) < 4.78 is 0. The summed E-state index contributed by atoms with van der Waals surface area (Å²) in [5.74, 6) is -2.99. The van der Waals surface area contributed by atoms with Gasteiger partial charge in [0.15, 0.2) is 0 Å². The van der Waals surface area contributed by atoms with Crippen molar-refractivity contribution in [2.45, 2.75) is 9.79 Å². The largest absolute Gasteiger partial charge is 0.661 e. The molecule has 0 aliphatic rings. The summed E-state index contributed by atoms with van der Waals surface area (Å²) in [6, 6.07) is 7.38. The molecule has 0 spiro atoms. The maximum absolute atomic E-state index is 11.5. The number of carboxylic acids is 1. The molecule has 150 valence electrons. The minimum atomic E-state index is -1.64. The number of carbonyl (C=O) groups excluding carboxylic acids is 2. The Kier molecular flexibility index (Phi) is 7.44. The van der Waals surface area contributed by atoms with Gasteiger partial charge in [-0.15, -0.1) is 5.23 Å². The molecule has 28 heavy (non-hydrogen) atoms. The predicted octanol–water partition coefficient (Wildman–Crippen LogP) is 0.467. The van der Waals surface area contributed by atoms with E-state index in [9.17, 15) is 25.2 Å².